The second kappa shape index (κ2) is 9.87. The molecule has 2 saturated heterocycles. The van der Waals surface area contributed by atoms with Crippen LogP contribution in [-0.4, -0.2) is 82.3 Å². The lowest BCUT2D eigenvalue weighted by atomic mass is 9.92. The van der Waals surface area contributed by atoms with Gasteiger partial charge in [-0.1, -0.05) is 13.8 Å². The molecule has 0 aromatic carbocycles. The predicted molar refractivity (Wildman–Crippen MR) is 122 cm³/mol. The molecule has 0 N–H and O–H groups in total. The highest BCUT2D eigenvalue weighted by Gasteiger charge is 2.28. The second-order valence-electron chi connectivity index (χ2n) is 8.96. The number of hydrogen-bond acceptors (Lipinski definition) is 6. The minimum Gasteiger partial charge on any atom is -0.341 e. The summed E-state index contributed by atoms with van der Waals surface area (Å²) in [7, 11) is 0. The third-order valence-corrected chi connectivity index (χ3v) is 7.04. The van der Waals surface area contributed by atoms with Crippen LogP contribution in [0.4, 0.5) is 0 Å². The Bertz CT molecular complexity index is 884. The van der Waals surface area contributed by atoms with Crippen molar-refractivity contribution in [3.8, 4) is 10.6 Å². The third kappa shape index (κ3) is 5.68. The summed E-state index contributed by atoms with van der Waals surface area (Å²) in [5.41, 5.74) is 1.78. The van der Waals surface area contributed by atoms with E-state index in [0.717, 1.165) is 42.4 Å². The molecule has 2 atom stereocenters. The molecule has 0 aliphatic carbocycles. The first-order valence-corrected chi connectivity index (χ1v) is 12.0. The normalized spacial score (nSPS) is 22.5. The molecule has 8 heteroatoms. The largest absolute Gasteiger partial charge is 0.341 e. The van der Waals surface area contributed by atoms with Gasteiger partial charge in [-0.15, -0.1) is 11.3 Å². The maximum atomic E-state index is 12.7. The van der Waals surface area contributed by atoms with Crippen molar-refractivity contribution in [3.63, 3.8) is 0 Å². The van der Waals surface area contributed by atoms with Gasteiger partial charge in [0.15, 0.2) is 0 Å². The summed E-state index contributed by atoms with van der Waals surface area (Å²) < 4.78 is 0. The van der Waals surface area contributed by atoms with Gasteiger partial charge in [-0.25, -0.2) is 4.98 Å². The molecule has 0 spiro atoms. The van der Waals surface area contributed by atoms with Crippen LogP contribution in [0.2, 0.25) is 0 Å². The molecule has 2 amide bonds. The summed E-state index contributed by atoms with van der Waals surface area (Å²) >= 11 is 1.54. The Morgan fingerprint density at radius 3 is 2.48 bits per heavy atom. The fourth-order valence-corrected chi connectivity index (χ4v) is 5.40. The van der Waals surface area contributed by atoms with Crippen molar-refractivity contribution < 1.29 is 9.59 Å². The molecule has 2 unspecified atom stereocenters. The zero-order valence-corrected chi connectivity index (χ0v) is 19.2. The van der Waals surface area contributed by atoms with E-state index in [1.807, 2.05) is 27.3 Å². The number of piperidine rings is 1. The highest BCUT2D eigenvalue weighted by molar-refractivity contribution is 7.13. The molecular weight excluding hydrogens is 410 g/mol. The Morgan fingerprint density at radius 2 is 1.81 bits per heavy atom. The smallest absolute Gasteiger partial charge is 0.236 e. The standard InChI is InChI=1S/C23H31N5O2S/c1-17-10-18(2)14-28(13-17)22(30)15-26-6-8-27(9-7-26)21(29)11-20-16-31-23(25-20)19-4-3-5-24-12-19/h3-5,12,16-18H,6-11,13-15H2,1-2H3. The van der Waals surface area contributed by atoms with Crippen molar-refractivity contribution in [3.05, 3.63) is 35.6 Å². The summed E-state index contributed by atoms with van der Waals surface area (Å²) in [5, 5.41) is 2.84. The lowest BCUT2D eigenvalue weighted by Crippen LogP contribution is -2.53. The summed E-state index contributed by atoms with van der Waals surface area (Å²) in [4.78, 5) is 40.3. The molecule has 4 rings (SSSR count). The summed E-state index contributed by atoms with van der Waals surface area (Å²) in [5.74, 6) is 1.48. The van der Waals surface area contributed by atoms with E-state index in [-0.39, 0.29) is 11.8 Å². The number of carbonyl (C=O) groups is 2. The molecule has 166 valence electrons. The number of likely N-dealkylation sites (tertiary alicyclic amines) is 1. The molecule has 31 heavy (non-hydrogen) atoms. The number of pyridine rings is 1. The highest BCUT2D eigenvalue weighted by Crippen LogP contribution is 2.23. The number of hydrogen-bond donors (Lipinski definition) is 0. The summed E-state index contributed by atoms with van der Waals surface area (Å²) in [6.45, 7) is 9.47. The average molecular weight is 442 g/mol. The van der Waals surface area contributed by atoms with Crippen molar-refractivity contribution >= 4 is 23.2 Å². The second-order valence-corrected chi connectivity index (χ2v) is 9.82. The number of aromatic nitrogens is 2. The van der Waals surface area contributed by atoms with Crippen LogP contribution in [0.25, 0.3) is 10.6 Å². The van der Waals surface area contributed by atoms with Gasteiger partial charge in [0.1, 0.15) is 5.01 Å². The van der Waals surface area contributed by atoms with E-state index in [1.54, 1.807) is 12.4 Å². The first kappa shape index (κ1) is 21.9. The number of piperazine rings is 1. The number of carbonyl (C=O) groups excluding carboxylic acids is 2. The Kier molecular flexibility index (Phi) is 6.97. The van der Waals surface area contributed by atoms with E-state index in [2.05, 4.69) is 28.7 Å². The highest BCUT2D eigenvalue weighted by atomic mass is 32.1. The van der Waals surface area contributed by atoms with Crippen molar-refractivity contribution in [2.75, 3.05) is 45.8 Å². The van der Waals surface area contributed by atoms with E-state index in [9.17, 15) is 9.59 Å². The maximum Gasteiger partial charge on any atom is 0.236 e. The third-order valence-electron chi connectivity index (χ3n) is 6.10. The van der Waals surface area contributed by atoms with Crippen LogP contribution in [0.5, 0.6) is 0 Å². The fourth-order valence-electron chi connectivity index (χ4n) is 4.59. The van der Waals surface area contributed by atoms with Gasteiger partial charge >= 0.3 is 0 Å². The number of amides is 2. The van der Waals surface area contributed by atoms with Crippen molar-refractivity contribution in [2.45, 2.75) is 26.7 Å². The molecule has 4 heterocycles. The zero-order chi connectivity index (χ0) is 21.8. The van der Waals surface area contributed by atoms with Gasteiger partial charge in [0.2, 0.25) is 11.8 Å². The van der Waals surface area contributed by atoms with Crippen molar-refractivity contribution in [1.82, 2.24) is 24.7 Å². The molecular formula is C23H31N5O2S. The van der Waals surface area contributed by atoms with Crippen LogP contribution >= 0.6 is 11.3 Å². The molecule has 7 nitrogen and oxygen atoms in total. The molecule has 0 radical (unpaired) electrons. The van der Waals surface area contributed by atoms with E-state index < -0.39 is 0 Å². The topological polar surface area (TPSA) is 69.6 Å². The van der Waals surface area contributed by atoms with Crippen LogP contribution in [0.3, 0.4) is 0 Å². The lowest BCUT2D eigenvalue weighted by Gasteiger charge is -2.38. The van der Waals surface area contributed by atoms with Gasteiger partial charge in [-0.3, -0.25) is 19.5 Å². The van der Waals surface area contributed by atoms with Crippen LogP contribution < -0.4 is 0 Å². The van der Waals surface area contributed by atoms with E-state index in [1.165, 1.54) is 17.8 Å². The SMILES string of the molecule is CC1CC(C)CN(C(=O)CN2CCN(C(=O)Cc3csc(-c4cccnc4)n3)CC2)C1. The molecule has 2 aromatic heterocycles. The van der Waals surface area contributed by atoms with Crippen LogP contribution in [0.15, 0.2) is 29.9 Å². The van der Waals surface area contributed by atoms with Gasteiger partial charge in [0.05, 0.1) is 18.7 Å². The fraction of sp³-hybridized carbons (Fsp3) is 0.565. The monoisotopic (exact) mass is 441 g/mol. The molecule has 0 bridgehead atoms. The zero-order valence-electron chi connectivity index (χ0n) is 18.4. The van der Waals surface area contributed by atoms with Gasteiger partial charge in [-0.05, 0) is 30.4 Å². The predicted octanol–water partition coefficient (Wildman–Crippen LogP) is 2.40. The Labute approximate surface area is 188 Å². The van der Waals surface area contributed by atoms with E-state index >= 15 is 0 Å². The number of rotatable bonds is 5. The van der Waals surface area contributed by atoms with Crippen molar-refractivity contribution in [1.29, 1.82) is 0 Å². The Balaban J connectivity index is 1.24. The molecule has 2 aliphatic rings. The van der Waals surface area contributed by atoms with Gasteiger partial charge < -0.3 is 9.80 Å². The first-order valence-electron chi connectivity index (χ1n) is 11.1. The minimum absolute atomic E-state index is 0.104. The van der Waals surface area contributed by atoms with Crippen molar-refractivity contribution in [2.24, 2.45) is 11.8 Å². The molecule has 2 fully saturated rings. The Hall–Kier alpha value is -2.32. The Morgan fingerprint density at radius 1 is 1.06 bits per heavy atom. The molecule has 2 aliphatic heterocycles. The number of nitrogens with zero attached hydrogens (tertiary/aromatic N) is 5. The number of thiazole rings is 1. The molecule has 0 saturated carbocycles. The average Bonchev–Trinajstić information content (AvgIpc) is 3.22. The van der Waals surface area contributed by atoms with Gasteiger partial charge in [0.25, 0.3) is 0 Å². The van der Waals surface area contributed by atoms with E-state index in [4.69, 9.17) is 0 Å². The maximum absolute atomic E-state index is 12.7. The molecule has 2 aromatic rings. The van der Waals surface area contributed by atoms with Crippen LogP contribution in [0, 0.1) is 11.8 Å². The quantitative estimate of drug-likeness (QED) is 0.713. The van der Waals surface area contributed by atoms with Crippen LogP contribution in [0.1, 0.15) is 26.0 Å². The lowest BCUT2D eigenvalue weighted by molar-refractivity contribution is -0.136. The first-order chi connectivity index (χ1) is 15.0. The van der Waals surface area contributed by atoms with Gasteiger partial charge in [0, 0.05) is 62.6 Å². The van der Waals surface area contributed by atoms with Gasteiger partial charge in [-0.2, -0.15) is 0 Å². The van der Waals surface area contributed by atoms with E-state index in [0.29, 0.717) is 37.9 Å². The minimum atomic E-state index is 0.104. The summed E-state index contributed by atoms with van der Waals surface area (Å²) in [6.07, 6.45) is 5.05. The summed E-state index contributed by atoms with van der Waals surface area (Å²) in [6, 6.07) is 3.86. The van der Waals surface area contributed by atoms with Crippen LogP contribution in [-0.2, 0) is 16.0 Å².